The number of rotatable bonds is 1. The summed E-state index contributed by atoms with van der Waals surface area (Å²) in [5.41, 5.74) is 6.28. The van der Waals surface area contributed by atoms with Gasteiger partial charge in [0.1, 0.15) is 11.5 Å². The van der Waals surface area contributed by atoms with E-state index in [1.54, 1.807) is 0 Å². The quantitative estimate of drug-likeness (QED) is 0.430. The monoisotopic (exact) mass is 442 g/mol. The molecule has 33 heavy (non-hydrogen) atoms. The van der Waals surface area contributed by atoms with Crippen LogP contribution in [0, 0.1) is 0 Å². The van der Waals surface area contributed by atoms with Gasteiger partial charge in [-0.25, -0.2) is 0 Å². The molecule has 2 aliphatic rings. The summed E-state index contributed by atoms with van der Waals surface area (Å²) in [5, 5.41) is 11.3. The highest BCUT2D eigenvalue weighted by atomic mass is 16.7. The van der Waals surface area contributed by atoms with E-state index in [0.717, 1.165) is 22.4 Å². The molecule has 1 spiro atoms. The van der Waals surface area contributed by atoms with Crippen LogP contribution in [-0.4, -0.2) is 5.11 Å². The van der Waals surface area contributed by atoms with Gasteiger partial charge < -0.3 is 14.6 Å². The first-order valence-electron chi connectivity index (χ1n) is 11.9. The van der Waals surface area contributed by atoms with Gasteiger partial charge in [-0.1, -0.05) is 96.1 Å². The van der Waals surface area contributed by atoms with Crippen molar-refractivity contribution in [1.29, 1.82) is 0 Å². The smallest absolute Gasteiger partial charge is 0.238 e. The molecule has 3 heteroatoms. The number of phenolic OH excluding ortho intramolecular Hbond substituents is 1. The van der Waals surface area contributed by atoms with Gasteiger partial charge >= 0.3 is 0 Å². The van der Waals surface area contributed by atoms with Gasteiger partial charge in [0.05, 0.1) is 6.61 Å². The van der Waals surface area contributed by atoms with Crippen LogP contribution in [0.1, 0.15) is 87.3 Å². The van der Waals surface area contributed by atoms with Crippen molar-refractivity contribution < 1.29 is 14.6 Å². The van der Waals surface area contributed by atoms with Crippen LogP contribution in [-0.2, 0) is 28.0 Å². The fourth-order valence-corrected chi connectivity index (χ4v) is 5.30. The molecule has 5 rings (SSSR count). The Hall–Kier alpha value is -2.78. The van der Waals surface area contributed by atoms with Crippen LogP contribution >= 0.6 is 0 Å². The minimum atomic E-state index is -0.794. The lowest BCUT2D eigenvalue weighted by Gasteiger charge is -2.40. The normalized spacial score (nSPS) is 22.1. The van der Waals surface area contributed by atoms with Gasteiger partial charge in [0, 0.05) is 23.5 Å². The van der Waals surface area contributed by atoms with Gasteiger partial charge in [-0.3, -0.25) is 0 Å². The highest BCUT2D eigenvalue weighted by molar-refractivity contribution is 5.54. The number of phenols is 1. The Morgan fingerprint density at radius 1 is 0.848 bits per heavy atom. The van der Waals surface area contributed by atoms with E-state index in [0.29, 0.717) is 18.8 Å². The summed E-state index contributed by atoms with van der Waals surface area (Å²) in [6.45, 7) is 13.5. The van der Waals surface area contributed by atoms with Gasteiger partial charge in [0.15, 0.2) is 0 Å². The van der Waals surface area contributed by atoms with Crippen molar-refractivity contribution in [2.45, 2.75) is 77.1 Å². The lowest BCUT2D eigenvalue weighted by Crippen LogP contribution is -2.38. The van der Waals surface area contributed by atoms with Gasteiger partial charge in [0.2, 0.25) is 5.79 Å². The number of hydrogen-bond donors (Lipinski definition) is 1. The number of hydrogen-bond acceptors (Lipinski definition) is 3. The highest BCUT2D eigenvalue weighted by Crippen LogP contribution is 2.53. The molecule has 172 valence electrons. The van der Waals surface area contributed by atoms with Crippen LogP contribution in [0.15, 0.2) is 60.7 Å². The van der Waals surface area contributed by atoms with E-state index < -0.39 is 5.79 Å². The minimum Gasteiger partial charge on any atom is -0.507 e. The maximum Gasteiger partial charge on any atom is 0.238 e. The average Bonchev–Trinajstić information content (AvgIpc) is 3.09. The van der Waals surface area contributed by atoms with Crippen LogP contribution in [0.3, 0.4) is 0 Å². The third-order valence-corrected chi connectivity index (χ3v) is 7.08. The van der Waals surface area contributed by atoms with Gasteiger partial charge in [-0.05, 0) is 39.2 Å². The molecule has 0 saturated carbocycles. The zero-order valence-electron chi connectivity index (χ0n) is 20.5. The number of para-hydroxylation sites is 1. The molecule has 3 aromatic rings. The standard InChI is InChI=1S/C30H34O3/c1-28(2,3)24-15-20(16-25(27(24)31)29(4,5)6)22-17-30(33-26-14-10-8-12-21(22)26)23-13-9-7-11-19(23)18-32-30/h7-16,22,31H,17-18H2,1-6H3/t22?,30-/m1/s1. The molecular weight excluding hydrogens is 408 g/mol. The Balaban J connectivity index is 1.72. The van der Waals surface area contributed by atoms with Crippen molar-refractivity contribution in [2.75, 3.05) is 0 Å². The summed E-state index contributed by atoms with van der Waals surface area (Å²) in [7, 11) is 0. The van der Waals surface area contributed by atoms with Crippen LogP contribution in [0.4, 0.5) is 0 Å². The van der Waals surface area contributed by atoms with Crippen molar-refractivity contribution in [3.8, 4) is 11.5 Å². The van der Waals surface area contributed by atoms with E-state index in [4.69, 9.17) is 9.47 Å². The Labute approximate surface area is 197 Å². The van der Waals surface area contributed by atoms with Crippen molar-refractivity contribution in [1.82, 2.24) is 0 Å². The molecule has 0 amide bonds. The molecule has 2 atom stereocenters. The first-order valence-corrected chi connectivity index (χ1v) is 11.9. The fourth-order valence-electron chi connectivity index (χ4n) is 5.30. The molecule has 1 N–H and O–H groups in total. The third kappa shape index (κ3) is 3.63. The number of fused-ring (bicyclic) bond motifs is 3. The fraction of sp³-hybridized carbons (Fsp3) is 0.400. The lowest BCUT2D eigenvalue weighted by atomic mass is 9.74. The van der Waals surface area contributed by atoms with Gasteiger partial charge in [-0.15, -0.1) is 0 Å². The molecule has 2 heterocycles. The van der Waals surface area contributed by atoms with E-state index >= 15 is 0 Å². The molecule has 0 aromatic heterocycles. The molecule has 0 aliphatic carbocycles. The second kappa shape index (κ2) is 7.36. The molecule has 0 bridgehead atoms. The van der Waals surface area contributed by atoms with Crippen molar-refractivity contribution in [3.63, 3.8) is 0 Å². The van der Waals surface area contributed by atoms with Crippen LogP contribution in [0.25, 0.3) is 0 Å². The topological polar surface area (TPSA) is 38.7 Å². The zero-order valence-corrected chi connectivity index (χ0v) is 20.5. The molecule has 3 aromatic carbocycles. The Kier molecular flexibility index (Phi) is 4.92. The second-order valence-corrected chi connectivity index (χ2v) is 11.6. The van der Waals surface area contributed by atoms with Crippen LogP contribution < -0.4 is 4.74 Å². The summed E-state index contributed by atoms with van der Waals surface area (Å²) < 4.78 is 13.0. The lowest BCUT2D eigenvalue weighted by molar-refractivity contribution is -0.195. The number of ether oxygens (including phenoxy) is 2. The average molecular weight is 443 g/mol. The number of benzene rings is 3. The maximum atomic E-state index is 11.3. The largest absolute Gasteiger partial charge is 0.507 e. The predicted octanol–water partition coefficient (Wildman–Crippen LogP) is 7.28. The van der Waals surface area contributed by atoms with Crippen molar-refractivity contribution in [3.05, 3.63) is 94.0 Å². The predicted molar refractivity (Wildman–Crippen MR) is 132 cm³/mol. The van der Waals surface area contributed by atoms with E-state index in [-0.39, 0.29) is 16.7 Å². The first kappa shape index (κ1) is 22.0. The van der Waals surface area contributed by atoms with Gasteiger partial charge in [-0.2, -0.15) is 0 Å². The molecule has 0 radical (unpaired) electrons. The number of aromatic hydroxyl groups is 1. The third-order valence-electron chi connectivity index (χ3n) is 7.08. The summed E-state index contributed by atoms with van der Waals surface area (Å²) in [6.07, 6.45) is 0.693. The molecule has 1 unspecified atom stereocenters. The molecule has 0 fully saturated rings. The van der Waals surface area contributed by atoms with E-state index in [9.17, 15) is 5.11 Å². The Bertz CT molecular complexity index is 1180. The van der Waals surface area contributed by atoms with Crippen molar-refractivity contribution in [2.24, 2.45) is 0 Å². The van der Waals surface area contributed by atoms with Crippen LogP contribution in [0.5, 0.6) is 11.5 Å². The second-order valence-electron chi connectivity index (χ2n) is 11.6. The summed E-state index contributed by atoms with van der Waals surface area (Å²) in [4.78, 5) is 0. The summed E-state index contributed by atoms with van der Waals surface area (Å²) in [5.74, 6) is 0.574. The maximum absolute atomic E-state index is 11.3. The van der Waals surface area contributed by atoms with E-state index in [1.807, 2.05) is 12.1 Å². The van der Waals surface area contributed by atoms with E-state index in [1.165, 1.54) is 16.7 Å². The molecule has 2 aliphatic heterocycles. The SMILES string of the molecule is CC(C)(C)c1cc(C2C[C@@]3(OCc4ccccc43)Oc3ccccc32)cc(C(C)(C)C)c1O. The summed E-state index contributed by atoms with van der Waals surface area (Å²) in [6, 6.07) is 21.1. The van der Waals surface area contributed by atoms with Gasteiger partial charge in [0.25, 0.3) is 0 Å². The molecule has 0 saturated heterocycles. The minimum absolute atomic E-state index is 0.0870. The Morgan fingerprint density at radius 3 is 2.12 bits per heavy atom. The zero-order chi connectivity index (χ0) is 23.6. The first-order chi connectivity index (χ1) is 15.5. The van der Waals surface area contributed by atoms with Crippen molar-refractivity contribution >= 4 is 0 Å². The molecule has 3 nitrogen and oxygen atoms in total. The Morgan fingerprint density at radius 2 is 1.45 bits per heavy atom. The highest BCUT2D eigenvalue weighted by Gasteiger charge is 2.48. The van der Waals surface area contributed by atoms with E-state index in [2.05, 4.69) is 90.1 Å². The van der Waals surface area contributed by atoms with Crippen LogP contribution in [0.2, 0.25) is 0 Å². The molecular formula is C30H34O3. The summed E-state index contributed by atoms with van der Waals surface area (Å²) >= 11 is 0.